The normalized spacial score (nSPS) is 24.1. The van der Waals surface area contributed by atoms with Crippen LogP contribution >= 0.6 is 11.6 Å². The van der Waals surface area contributed by atoms with Crippen LogP contribution in [-0.4, -0.2) is 25.2 Å². The predicted octanol–water partition coefficient (Wildman–Crippen LogP) is 2.72. The summed E-state index contributed by atoms with van der Waals surface area (Å²) in [6.45, 7) is 4.07. The lowest BCUT2D eigenvalue weighted by atomic mass is 9.93. The van der Waals surface area contributed by atoms with E-state index in [0.29, 0.717) is 18.1 Å². The molecular formula is C15H17ClO4. The molecule has 1 aliphatic rings. The third kappa shape index (κ3) is 2.52. The van der Waals surface area contributed by atoms with Gasteiger partial charge in [0.05, 0.1) is 19.1 Å². The first-order chi connectivity index (χ1) is 9.56. The fraction of sp³-hybridized carbons (Fsp3) is 0.467. The molecule has 0 amide bonds. The van der Waals surface area contributed by atoms with E-state index in [1.54, 1.807) is 38.1 Å². The lowest BCUT2D eigenvalue weighted by molar-refractivity contribution is -0.152. The van der Waals surface area contributed by atoms with Crippen LogP contribution in [0.1, 0.15) is 25.8 Å². The SMILES string of the molecule is CCOC(=O)[C@@H]1C[C@@]1(C(=O)OCC)c1ccc(Cl)cc1. The highest BCUT2D eigenvalue weighted by Gasteiger charge is 2.66. The van der Waals surface area contributed by atoms with E-state index >= 15 is 0 Å². The first-order valence-corrected chi connectivity index (χ1v) is 7.04. The van der Waals surface area contributed by atoms with Gasteiger partial charge in [0.15, 0.2) is 0 Å². The molecule has 1 aromatic rings. The van der Waals surface area contributed by atoms with E-state index in [-0.39, 0.29) is 18.5 Å². The van der Waals surface area contributed by atoms with Gasteiger partial charge in [0, 0.05) is 5.02 Å². The standard InChI is InChI=1S/C15H17ClO4/c1-3-19-13(17)12-9-15(12,14(18)20-4-2)10-5-7-11(16)8-6-10/h5-8,12H,3-4,9H2,1-2H3/t12-,15+/m0/s1. The van der Waals surface area contributed by atoms with Crippen molar-refractivity contribution in [2.75, 3.05) is 13.2 Å². The number of hydrogen-bond donors (Lipinski definition) is 0. The van der Waals surface area contributed by atoms with Gasteiger partial charge in [-0.2, -0.15) is 0 Å². The lowest BCUT2D eigenvalue weighted by Gasteiger charge is -2.16. The van der Waals surface area contributed by atoms with Gasteiger partial charge in [0.2, 0.25) is 0 Å². The van der Waals surface area contributed by atoms with Gasteiger partial charge in [0.25, 0.3) is 0 Å². The molecule has 0 heterocycles. The molecule has 0 radical (unpaired) electrons. The maximum atomic E-state index is 12.3. The Morgan fingerprint density at radius 3 is 2.35 bits per heavy atom. The third-order valence-electron chi connectivity index (χ3n) is 3.53. The zero-order valence-corrected chi connectivity index (χ0v) is 12.3. The number of hydrogen-bond acceptors (Lipinski definition) is 4. The molecular weight excluding hydrogens is 280 g/mol. The molecule has 0 bridgehead atoms. The van der Waals surface area contributed by atoms with Gasteiger partial charge >= 0.3 is 11.9 Å². The Morgan fingerprint density at radius 2 is 1.80 bits per heavy atom. The van der Waals surface area contributed by atoms with Crippen molar-refractivity contribution in [2.45, 2.75) is 25.7 Å². The van der Waals surface area contributed by atoms with Crippen molar-refractivity contribution in [3.63, 3.8) is 0 Å². The second kappa shape index (κ2) is 5.83. The Labute approximate surface area is 123 Å². The number of carbonyl (C=O) groups excluding carboxylic acids is 2. The summed E-state index contributed by atoms with van der Waals surface area (Å²) in [7, 11) is 0. The average Bonchev–Trinajstić information content (AvgIpc) is 3.17. The highest BCUT2D eigenvalue weighted by molar-refractivity contribution is 6.30. The van der Waals surface area contributed by atoms with E-state index in [9.17, 15) is 9.59 Å². The van der Waals surface area contributed by atoms with Crippen LogP contribution in [0.15, 0.2) is 24.3 Å². The van der Waals surface area contributed by atoms with Crippen molar-refractivity contribution in [1.82, 2.24) is 0 Å². The zero-order valence-electron chi connectivity index (χ0n) is 11.5. The summed E-state index contributed by atoms with van der Waals surface area (Å²) in [6, 6.07) is 6.94. The summed E-state index contributed by atoms with van der Waals surface area (Å²) >= 11 is 5.86. The number of carbonyl (C=O) groups is 2. The number of esters is 2. The van der Waals surface area contributed by atoms with Gasteiger partial charge in [-0.15, -0.1) is 0 Å². The number of benzene rings is 1. The van der Waals surface area contributed by atoms with Crippen molar-refractivity contribution < 1.29 is 19.1 Å². The van der Waals surface area contributed by atoms with Crippen LogP contribution in [0.2, 0.25) is 5.02 Å². The molecule has 1 saturated carbocycles. The van der Waals surface area contributed by atoms with Crippen molar-refractivity contribution in [1.29, 1.82) is 0 Å². The first kappa shape index (κ1) is 14.9. The molecule has 0 spiro atoms. The Bertz CT molecular complexity index is 511. The zero-order chi connectivity index (χ0) is 14.8. The fourth-order valence-electron chi connectivity index (χ4n) is 2.46. The molecule has 20 heavy (non-hydrogen) atoms. The molecule has 1 aliphatic carbocycles. The first-order valence-electron chi connectivity index (χ1n) is 6.66. The van der Waals surface area contributed by atoms with Crippen molar-refractivity contribution in [2.24, 2.45) is 5.92 Å². The molecule has 0 aromatic heterocycles. The summed E-state index contributed by atoms with van der Waals surface area (Å²) < 4.78 is 10.2. The second-order valence-electron chi connectivity index (χ2n) is 4.71. The van der Waals surface area contributed by atoms with Crippen LogP contribution in [0.3, 0.4) is 0 Å². The van der Waals surface area contributed by atoms with Crippen LogP contribution in [0.4, 0.5) is 0 Å². The highest BCUT2D eigenvalue weighted by atomic mass is 35.5. The monoisotopic (exact) mass is 296 g/mol. The van der Waals surface area contributed by atoms with E-state index in [1.165, 1.54) is 0 Å². The van der Waals surface area contributed by atoms with Crippen LogP contribution in [0.25, 0.3) is 0 Å². The molecule has 108 valence electrons. The van der Waals surface area contributed by atoms with Crippen molar-refractivity contribution >= 4 is 23.5 Å². The van der Waals surface area contributed by atoms with E-state index in [2.05, 4.69) is 0 Å². The van der Waals surface area contributed by atoms with Crippen molar-refractivity contribution in [3.05, 3.63) is 34.9 Å². The fourth-order valence-corrected chi connectivity index (χ4v) is 2.59. The Morgan fingerprint density at radius 1 is 1.20 bits per heavy atom. The maximum absolute atomic E-state index is 12.3. The van der Waals surface area contributed by atoms with E-state index in [1.807, 2.05) is 0 Å². The molecule has 2 rings (SSSR count). The molecule has 0 aliphatic heterocycles. The van der Waals surface area contributed by atoms with Gasteiger partial charge in [-0.3, -0.25) is 9.59 Å². The van der Waals surface area contributed by atoms with E-state index in [4.69, 9.17) is 21.1 Å². The summed E-state index contributed by atoms with van der Waals surface area (Å²) in [5.41, 5.74) is -0.161. The van der Waals surface area contributed by atoms with E-state index < -0.39 is 11.3 Å². The summed E-state index contributed by atoms with van der Waals surface area (Å²) in [5, 5.41) is 0.584. The molecule has 0 saturated heterocycles. The topological polar surface area (TPSA) is 52.6 Å². The van der Waals surface area contributed by atoms with Crippen LogP contribution in [0.5, 0.6) is 0 Å². The van der Waals surface area contributed by atoms with Gasteiger partial charge < -0.3 is 9.47 Å². The summed E-state index contributed by atoms with van der Waals surface area (Å²) in [6.07, 6.45) is 0.423. The minimum absolute atomic E-state index is 0.281. The molecule has 5 heteroatoms. The van der Waals surface area contributed by atoms with Gasteiger partial charge in [0.1, 0.15) is 5.41 Å². The summed E-state index contributed by atoms with van der Waals surface area (Å²) in [4.78, 5) is 24.2. The van der Waals surface area contributed by atoms with Crippen LogP contribution < -0.4 is 0 Å². The molecule has 1 aromatic carbocycles. The van der Waals surface area contributed by atoms with Gasteiger partial charge in [-0.05, 0) is 38.0 Å². The van der Waals surface area contributed by atoms with Gasteiger partial charge in [-0.25, -0.2) is 0 Å². The number of rotatable bonds is 5. The van der Waals surface area contributed by atoms with Crippen LogP contribution in [0, 0.1) is 5.92 Å². The maximum Gasteiger partial charge on any atom is 0.317 e. The minimum atomic E-state index is -0.910. The smallest absolute Gasteiger partial charge is 0.317 e. The lowest BCUT2D eigenvalue weighted by Crippen LogP contribution is -2.28. The number of ether oxygens (including phenoxy) is 2. The van der Waals surface area contributed by atoms with Crippen LogP contribution in [-0.2, 0) is 24.5 Å². The Kier molecular flexibility index (Phi) is 4.33. The average molecular weight is 297 g/mol. The van der Waals surface area contributed by atoms with Gasteiger partial charge in [-0.1, -0.05) is 23.7 Å². The van der Waals surface area contributed by atoms with Crippen molar-refractivity contribution in [3.8, 4) is 0 Å². The summed E-state index contributed by atoms with van der Waals surface area (Å²) in [5.74, 6) is -1.20. The third-order valence-corrected chi connectivity index (χ3v) is 3.78. The molecule has 1 fully saturated rings. The largest absolute Gasteiger partial charge is 0.466 e. The molecule has 2 atom stereocenters. The van der Waals surface area contributed by atoms with E-state index in [0.717, 1.165) is 5.56 Å². The molecule has 4 nitrogen and oxygen atoms in total. The molecule has 0 unspecified atom stereocenters. The second-order valence-corrected chi connectivity index (χ2v) is 5.14. The Balaban J connectivity index is 2.30. The predicted molar refractivity (Wildman–Crippen MR) is 74.5 cm³/mol. The highest BCUT2D eigenvalue weighted by Crippen LogP contribution is 2.56. The number of halogens is 1. The Hall–Kier alpha value is -1.55. The quantitative estimate of drug-likeness (QED) is 0.784. The molecule has 0 N–H and O–H groups in total. The minimum Gasteiger partial charge on any atom is -0.466 e.